The minimum atomic E-state index is 0.288. The van der Waals surface area contributed by atoms with E-state index in [1.54, 1.807) is 4.68 Å². The smallest absolute Gasteiger partial charge is 0.131 e. The van der Waals surface area contributed by atoms with Crippen molar-refractivity contribution in [3.63, 3.8) is 0 Å². The number of nitrogens with one attached hydrogen (secondary N) is 1. The molecule has 0 radical (unpaired) electrons. The van der Waals surface area contributed by atoms with E-state index in [0.717, 1.165) is 36.0 Å². The van der Waals surface area contributed by atoms with E-state index in [4.69, 9.17) is 16.3 Å². The summed E-state index contributed by atoms with van der Waals surface area (Å²) in [7, 11) is 1.86. The van der Waals surface area contributed by atoms with Crippen LogP contribution in [-0.2, 0) is 18.3 Å². The van der Waals surface area contributed by atoms with Gasteiger partial charge in [-0.05, 0) is 20.3 Å². The molecule has 0 spiro atoms. The van der Waals surface area contributed by atoms with Crippen LogP contribution in [0.15, 0.2) is 0 Å². The van der Waals surface area contributed by atoms with Crippen molar-refractivity contribution < 1.29 is 4.74 Å². The van der Waals surface area contributed by atoms with E-state index in [2.05, 4.69) is 17.3 Å². The third-order valence-corrected chi connectivity index (χ3v) is 3.66. The minimum absolute atomic E-state index is 0.288. The Kier molecular flexibility index (Phi) is 3.52. The topological polar surface area (TPSA) is 39.1 Å². The van der Waals surface area contributed by atoms with Gasteiger partial charge in [-0.3, -0.25) is 4.68 Å². The molecule has 0 saturated carbocycles. The fourth-order valence-corrected chi connectivity index (χ4v) is 2.35. The molecule has 0 amide bonds. The van der Waals surface area contributed by atoms with Gasteiger partial charge in [0.15, 0.2) is 0 Å². The summed E-state index contributed by atoms with van der Waals surface area (Å²) in [6.45, 7) is 5.69. The standard InChI is InChI=1S/C11H18ClN3O/c1-7-9(11(12)15(3)14-7)6-13-10-4-5-16-8(10)2/h8,10,13H,4-6H2,1-3H3. The normalized spacial score (nSPS) is 25.2. The van der Waals surface area contributed by atoms with E-state index in [1.807, 2.05) is 14.0 Å². The number of hydrogen-bond acceptors (Lipinski definition) is 3. The van der Waals surface area contributed by atoms with Crippen LogP contribution in [0.4, 0.5) is 0 Å². The molecule has 1 N–H and O–H groups in total. The van der Waals surface area contributed by atoms with Crippen molar-refractivity contribution in [3.8, 4) is 0 Å². The summed E-state index contributed by atoms with van der Waals surface area (Å²) in [5, 5.41) is 8.49. The number of rotatable bonds is 3. The molecule has 2 heterocycles. The van der Waals surface area contributed by atoms with E-state index < -0.39 is 0 Å². The van der Waals surface area contributed by atoms with E-state index in [0.29, 0.717) is 6.04 Å². The number of aryl methyl sites for hydroxylation is 2. The van der Waals surface area contributed by atoms with Gasteiger partial charge in [-0.2, -0.15) is 5.10 Å². The second kappa shape index (κ2) is 4.73. The van der Waals surface area contributed by atoms with Gasteiger partial charge in [0.25, 0.3) is 0 Å². The number of halogens is 1. The van der Waals surface area contributed by atoms with Gasteiger partial charge in [0.2, 0.25) is 0 Å². The predicted octanol–water partition coefficient (Wildman–Crippen LogP) is 1.65. The SMILES string of the molecule is Cc1nn(C)c(Cl)c1CNC1CCOC1C. The molecule has 1 aliphatic rings. The van der Waals surface area contributed by atoms with Gasteiger partial charge in [0.1, 0.15) is 5.15 Å². The molecular formula is C11H18ClN3O. The highest BCUT2D eigenvalue weighted by molar-refractivity contribution is 6.30. The van der Waals surface area contributed by atoms with E-state index in [9.17, 15) is 0 Å². The molecule has 2 atom stereocenters. The number of aromatic nitrogens is 2. The second-order valence-electron chi connectivity index (χ2n) is 4.33. The zero-order valence-electron chi connectivity index (χ0n) is 9.96. The van der Waals surface area contributed by atoms with Gasteiger partial charge in [-0.15, -0.1) is 0 Å². The van der Waals surface area contributed by atoms with Crippen LogP contribution < -0.4 is 5.32 Å². The van der Waals surface area contributed by atoms with E-state index >= 15 is 0 Å². The molecule has 5 heteroatoms. The molecule has 2 rings (SSSR count). The van der Waals surface area contributed by atoms with Crippen LogP contribution in [-0.4, -0.2) is 28.5 Å². The highest BCUT2D eigenvalue weighted by atomic mass is 35.5. The third kappa shape index (κ3) is 2.24. The largest absolute Gasteiger partial charge is 0.377 e. The first kappa shape index (κ1) is 11.9. The van der Waals surface area contributed by atoms with Crippen LogP contribution in [0.1, 0.15) is 24.6 Å². The van der Waals surface area contributed by atoms with Gasteiger partial charge in [0.05, 0.1) is 11.8 Å². The van der Waals surface area contributed by atoms with Crippen LogP contribution in [0.2, 0.25) is 5.15 Å². The van der Waals surface area contributed by atoms with Crippen LogP contribution in [0.5, 0.6) is 0 Å². The lowest BCUT2D eigenvalue weighted by molar-refractivity contribution is 0.113. The van der Waals surface area contributed by atoms with Crippen molar-refractivity contribution in [1.29, 1.82) is 0 Å². The fourth-order valence-electron chi connectivity index (χ4n) is 2.11. The Morgan fingerprint density at radius 2 is 2.38 bits per heavy atom. The van der Waals surface area contributed by atoms with Gasteiger partial charge < -0.3 is 10.1 Å². The quantitative estimate of drug-likeness (QED) is 0.878. The summed E-state index contributed by atoms with van der Waals surface area (Å²) in [5.41, 5.74) is 2.08. The van der Waals surface area contributed by atoms with Crippen molar-refractivity contribution in [3.05, 3.63) is 16.4 Å². The zero-order valence-corrected chi connectivity index (χ0v) is 10.7. The van der Waals surface area contributed by atoms with Gasteiger partial charge in [0, 0.05) is 31.8 Å². The summed E-state index contributed by atoms with van der Waals surface area (Å²) < 4.78 is 7.21. The Labute approximate surface area is 101 Å². The van der Waals surface area contributed by atoms with Crippen molar-refractivity contribution in [2.75, 3.05) is 6.61 Å². The number of hydrogen-bond donors (Lipinski definition) is 1. The molecule has 0 aliphatic carbocycles. The minimum Gasteiger partial charge on any atom is -0.377 e. The lowest BCUT2D eigenvalue weighted by Crippen LogP contribution is -2.34. The van der Waals surface area contributed by atoms with Gasteiger partial charge in [-0.25, -0.2) is 0 Å². The molecule has 0 aromatic carbocycles. The first-order chi connectivity index (χ1) is 7.59. The van der Waals surface area contributed by atoms with Crippen molar-refractivity contribution >= 4 is 11.6 Å². The average molecular weight is 244 g/mol. The summed E-state index contributed by atoms with van der Waals surface area (Å²) >= 11 is 6.17. The monoisotopic (exact) mass is 243 g/mol. The molecule has 1 fully saturated rings. The first-order valence-electron chi connectivity index (χ1n) is 5.62. The first-order valence-corrected chi connectivity index (χ1v) is 6.00. The summed E-state index contributed by atoms with van der Waals surface area (Å²) in [6.07, 6.45) is 1.36. The Balaban J connectivity index is 1.99. The molecule has 1 aromatic rings. The maximum absolute atomic E-state index is 6.17. The molecule has 90 valence electrons. The number of nitrogens with zero attached hydrogens (tertiary/aromatic N) is 2. The van der Waals surface area contributed by atoms with Crippen LogP contribution in [0.3, 0.4) is 0 Å². The predicted molar refractivity (Wildman–Crippen MR) is 63.6 cm³/mol. The van der Waals surface area contributed by atoms with Crippen molar-refractivity contribution in [1.82, 2.24) is 15.1 Å². The Morgan fingerprint density at radius 3 is 2.88 bits per heavy atom. The molecular weight excluding hydrogens is 226 g/mol. The number of ether oxygens (including phenoxy) is 1. The van der Waals surface area contributed by atoms with Crippen molar-refractivity contribution in [2.24, 2.45) is 7.05 Å². The maximum atomic E-state index is 6.17. The summed E-state index contributed by atoms with van der Waals surface area (Å²) in [6, 6.07) is 0.427. The Morgan fingerprint density at radius 1 is 1.62 bits per heavy atom. The highest BCUT2D eigenvalue weighted by Gasteiger charge is 2.24. The lowest BCUT2D eigenvalue weighted by Gasteiger charge is -2.15. The maximum Gasteiger partial charge on any atom is 0.131 e. The van der Waals surface area contributed by atoms with Gasteiger partial charge in [-0.1, -0.05) is 11.6 Å². The Bertz CT molecular complexity index is 378. The molecule has 16 heavy (non-hydrogen) atoms. The molecule has 4 nitrogen and oxygen atoms in total. The Hall–Kier alpha value is -0.580. The van der Waals surface area contributed by atoms with E-state index in [-0.39, 0.29) is 6.10 Å². The van der Waals surface area contributed by atoms with Gasteiger partial charge >= 0.3 is 0 Å². The average Bonchev–Trinajstić information content (AvgIpc) is 2.72. The third-order valence-electron chi connectivity index (χ3n) is 3.19. The molecule has 1 aliphatic heterocycles. The van der Waals surface area contributed by atoms with Crippen molar-refractivity contribution in [2.45, 2.75) is 39.0 Å². The van der Waals surface area contributed by atoms with Crippen LogP contribution >= 0.6 is 11.6 Å². The molecule has 2 unspecified atom stereocenters. The summed E-state index contributed by atoms with van der Waals surface area (Å²) in [4.78, 5) is 0. The molecule has 1 aromatic heterocycles. The molecule has 0 bridgehead atoms. The highest BCUT2D eigenvalue weighted by Crippen LogP contribution is 2.20. The lowest BCUT2D eigenvalue weighted by atomic mass is 10.1. The van der Waals surface area contributed by atoms with Crippen LogP contribution in [0, 0.1) is 6.92 Å². The van der Waals surface area contributed by atoms with Crippen LogP contribution in [0.25, 0.3) is 0 Å². The summed E-state index contributed by atoms with van der Waals surface area (Å²) in [5.74, 6) is 0. The van der Waals surface area contributed by atoms with E-state index in [1.165, 1.54) is 0 Å². The fraction of sp³-hybridized carbons (Fsp3) is 0.727. The zero-order chi connectivity index (χ0) is 11.7. The molecule has 1 saturated heterocycles. The second-order valence-corrected chi connectivity index (χ2v) is 4.69.